The van der Waals surface area contributed by atoms with E-state index in [9.17, 15) is 4.79 Å². The monoisotopic (exact) mass is 467 g/mol. The van der Waals surface area contributed by atoms with Gasteiger partial charge in [-0.1, -0.05) is 41.9 Å². The maximum atomic E-state index is 13.0. The summed E-state index contributed by atoms with van der Waals surface area (Å²) in [6, 6.07) is 15.9. The van der Waals surface area contributed by atoms with Gasteiger partial charge >= 0.3 is 0 Å². The lowest BCUT2D eigenvalue weighted by Crippen LogP contribution is -2.55. The van der Waals surface area contributed by atoms with Crippen LogP contribution in [-0.2, 0) is 11.3 Å². The van der Waals surface area contributed by atoms with Gasteiger partial charge in [-0.25, -0.2) is 4.98 Å². The number of amides is 1. The summed E-state index contributed by atoms with van der Waals surface area (Å²) in [6.07, 6.45) is 5.98. The van der Waals surface area contributed by atoms with Gasteiger partial charge in [0.05, 0.1) is 17.5 Å². The zero-order valence-electron chi connectivity index (χ0n) is 18.2. The zero-order valence-corrected chi connectivity index (χ0v) is 19.8. The van der Waals surface area contributed by atoms with Gasteiger partial charge in [0.15, 0.2) is 0 Å². The largest absolute Gasteiger partial charge is 0.481 e. The van der Waals surface area contributed by atoms with Crippen molar-refractivity contribution < 1.29 is 9.53 Å². The number of carbonyl (C=O) groups excluding carboxylic acids is 1. The van der Waals surface area contributed by atoms with Gasteiger partial charge in [0.2, 0.25) is 11.8 Å². The molecule has 3 heterocycles. The van der Waals surface area contributed by atoms with Crippen molar-refractivity contribution in [2.24, 2.45) is 0 Å². The molecule has 1 unspecified atom stereocenters. The van der Waals surface area contributed by atoms with Crippen LogP contribution in [0.1, 0.15) is 17.4 Å². The number of pyridine rings is 1. The van der Waals surface area contributed by atoms with Crippen LogP contribution in [0, 0.1) is 0 Å². The maximum Gasteiger partial charge on any atom is 0.239 e. The second-order valence-corrected chi connectivity index (χ2v) is 9.51. The van der Waals surface area contributed by atoms with Gasteiger partial charge in [0.1, 0.15) is 0 Å². The van der Waals surface area contributed by atoms with Crippen molar-refractivity contribution in [2.75, 3.05) is 26.7 Å². The molecule has 0 N–H and O–H groups in total. The lowest BCUT2D eigenvalue weighted by molar-refractivity contribution is -0.141. The van der Waals surface area contributed by atoms with E-state index in [0.29, 0.717) is 12.4 Å². The third kappa shape index (κ3) is 5.38. The predicted octanol–water partition coefficient (Wildman–Crippen LogP) is 5.22. The van der Waals surface area contributed by atoms with Crippen LogP contribution in [0.15, 0.2) is 60.8 Å². The Labute approximate surface area is 197 Å². The van der Waals surface area contributed by atoms with E-state index in [2.05, 4.69) is 46.3 Å². The van der Waals surface area contributed by atoms with Crippen LogP contribution in [0.25, 0.3) is 17.2 Å². The Hall–Kier alpha value is -2.67. The van der Waals surface area contributed by atoms with Crippen LogP contribution < -0.4 is 4.74 Å². The van der Waals surface area contributed by atoms with Crippen molar-refractivity contribution in [2.45, 2.75) is 19.5 Å². The van der Waals surface area contributed by atoms with E-state index >= 15 is 0 Å². The first-order valence-electron chi connectivity index (χ1n) is 10.6. The van der Waals surface area contributed by atoms with E-state index in [-0.39, 0.29) is 11.9 Å². The molecule has 1 aromatic carbocycles. The Morgan fingerprint density at radius 3 is 2.56 bits per heavy atom. The number of hydrogen-bond donors (Lipinski definition) is 0. The lowest BCUT2D eigenvalue weighted by atomic mass is 10.0. The minimum atomic E-state index is -0.134. The number of aromatic nitrogens is 1. The van der Waals surface area contributed by atoms with Crippen LogP contribution in [0.3, 0.4) is 0 Å². The van der Waals surface area contributed by atoms with E-state index < -0.39 is 0 Å². The fourth-order valence-electron chi connectivity index (χ4n) is 3.80. The molecule has 4 rings (SSSR count). The highest BCUT2D eigenvalue weighted by Crippen LogP contribution is 2.24. The molecular formula is C25H26ClN3O2S. The van der Waals surface area contributed by atoms with E-state index in [1.807, 2.05) is 36.1 Å². The van der Waals surface area contributed by atoms with Crippen LogP contribution in [0.4, 0.5) is 0 Å². The van der Waals surface area contributed by atoms with E-state index in [4.69, 9.17) is 16.3 Å². The second-order valence-electron chi connectivity index (χ2n) is 7.76. The Morgan fingerprint density at radius 1 is 1.12 bits per heavy atom. The molecular weight excluding hydrogens is 442 g/mol. The summed E-state index contributed by atoms with van der Waals surface area (Å²) in [5, 5.41) is 0. The molecule has 0 spiro atoms. The molecule has 1 aliphatic rings. The summed E-state index contributed by atoms with van der Waals surface area (Å²) in [7, 11) is 1.61. The SMILES string of the molecule is COc1ccc(-c2ccc(CN3CCN(C/C=C/c4ccc(Cl)s4)C(C)C3=O)cc2)cn1. The highest BCUT2D eigenvalue weighted by atomic mass is 35.5. The van der Waals surface area contributed by atoms with Crippen LogP contribution in [-0.4, -0.2) is 53.5 Å². The molecule has 1 atom stereocenters. The topological polar surface area (TPSA) is 45.7 Å². The first-order valence-corrected chi connectivity index (χ1v) is 11.8. The van der Waals surface area contributed by atoms with Crippen molar-refractivity contribution >= 4 is 34.9 Å². The Balaban J connectivity index is 1.33. The average Bonchev–Trinajstić information content (AvgIpc) is 3.24. The molecule has 0 saturated carbocycles. The molecule has 1 aliphatic heterocycles. The van der Waals surface area contributed by atoms with Crippen molar-refractivity contribution in [1.82, 2.24) is 14.8 Å². The number of thiophene rings is 1. The number of piperazine rings is 1. The molecule has 3 aromatic rings. The number of carbonyl (C=O) groups is 1. The Bertz CT molecular complexity index is 1080. The van der Waals surface area contributed by atoms with Crippen molar-refractivity contribution in [3.8, 4) is 17.0 Å². The quantitative estimate of drug-likeness (QED) is 0.478. The van der Waals surface area contributed by atoms with Gasteiger partial charge in [-0.3, -0.25) is 9.69 Å². The summed E-state index contributed by atoms with van der Waals surface area (Å²) in [4.78, 5) is 22.5. The third-order valence-corrected chi connectivity index (χ3v) is 6.89. The minimum absolute atomic E-state index is 0.134. The summed E-state index contributed by atoms with van der Waals surface area (Å²) >= 11 is 7.53. The van der Waals surface area contributed by atoms with Gasteiger partial charge < -0.3 is 9.64 Å². The van der Waals surface area contributed by atoms with Crippen molar-refractivity contribution in [1.29, 1.82) is 0 Å². The molecule has 0 radical (unpaired) electrons. The molecule has 166 valence electrons. The number of hydrogen-bond acceptors (Lipinski definition) is 5. The smallest absolute Gasteiger partial charge is 0.239 e. The second kappa shape index (κ2) is 10.3. The van der Waals surface area contributed by atoms with Crippen LogP contribution >= 0.6 is 22.9 Å². The van der Waals surface area contributed by atoms with Crippen molar-refractivity contribution in [3.05, 3.63) is 75.6 Å². The van der Waals surface area contributed by atoms with E-state index in [0.717, 1.165) is 45.5 Å². The Kier molecular flexibility index (Phi) is 7.25. The molecule has 2 aromatic heterocycles. The lowest BCUT2D eigenvalue weighted by Gasteiger charge is -2.38. The molecule has 1 amide bonds. The fourth-order valence-corrected chi connectivity index (χ4v) is 4.79. The molecule has 1 fully saturated rings. The minimum Gasteiger partial charge on any atom is -0.481 e. The van der Waals surface area contributed by atoms with Gasteiger partial charge in [-0.05, 0) is 42.3 Å². The average molecular weight is 468 g/mol. The van der Waals surface area contributed by atoms with Gasteiger partial charge in [0.25, 0.3) is 0 Å². The first-order chi connectivity index (χ1) is 15.5. The summed E-state index contributed by atoms with van der Waals surface area (Å²) < 4.78 is 5.91. The highest BCUT2D eigenvalue weighted by Gasteiger charge is 2.30. The molecule has 0 bridgehead atoms. The summed E-state index contributed by atoms with van der Waals surface area (Å²) in [5.74, 6) is 0.774. The molecule has 0 aliphatic carbocycles. The zero-order chi connectivity index (χ0) is 22.5. The number of methoxy groups -OCH3 is 1. The normalized spacial score (nSPS) is 17.3. The Morgan fingerprint density at radius 2 is 1.91 bits per heavy atom. The number of nitrogens with zero attached hydrogens (tertiary/aromatic N) is 3. The highest BCUT2D eigenvalue weighted by molar-refractivity contribution is 7.16. The fraction of sp³-hybridized carbons (Fsp3) is 0.280. The molecule has 32 heavy (non-hydrogen) atoms. The maximum absolute atomic E-state index is 13.0. The predicted molar refractivity (Wildman–Crippen MR) is 131 cm³/mol. The molecule has 7 heteroatoms. The standard InChI is InChI=1S/C25H26ClN3O2S/c1-18-25(30)29(15-14-28(18)13-3-4-22-10-11-23(26)32-22)17-19-5-7-20(8-6-19)21-9-12-24(31-2)27-16-21/h3-12,16,18H,13-15,17H2,1-2H3/b4-3+. The van der Waals surface area contributed by atoms with Crippen molar-refractivity contribution in [3.63, 3.8) is 0 Å². The number of ether oxygens (including phenoxy) is 1. The van der Waals surface area contributed by atoms with Crippen LogP contribution in [0.5, 0.6) is 5.88 Å². The van der Waals surface area contributed by atoms with E-state index in [1.165, 1.54) is 0 Å². The van der Waals surface area contributed by atoms with E-state index in [1.54, 1.807) is 24.6 Å². The number of rotatable bonds is 7. The summed E-state index contributed by atoms with van der Waals surface area (Å²) in [6.45, 7) is 4.96. The third-order valence-electron chi connectivity index (χ3n) is 5.70. The molecule has 5 nitrogen and oxygen atoms in total. The first kappa shape index (κ1) is 22.5. The van der Waals surface area contributed by atoms with Gasteiger partial charge in [0, 0.05) is 48.9 Å². The van der Waals surface area contributed by atoms with Gasteiger partial charge in [-0.15, -0.1) is 11.3 Å². The van der Waals surface area contributed by atoms with Crippen LogP contribution in [0.2, 0.25) is 4.34 Å². The number of halogens is 1. The van der Waals surface area contributed by atoms with Gasteiger partial charge in [-0.2, -0.15) is 0 Å². The molecule has 1 saturated heterocycles. The summed E-state index contributed by atoms with van der Waals surface area (Å²) in [5.41, 5.74) is 3.25. The number of benzene rings is 1.